The lowest BCUT2D eigenvalue weighted by molar-refractivity contribution is 0.205. The van der Waals surface area contributed by atoms with Crippen molar-refractivity contribution in [1.82, 2.24) is 0 Å². The Balaban J connectivity index is 2.98. The number of nitriles is 1. The molecule has 3 nitrogen and oxygen atoms in total. The lowest BCUT2D eigenvalue weighted by Crippen LogP contribution is -2.27. The predicted octanol–water partition coefficient (Wildman–Crippen LogP) is 2.93. The molecule has 17 heavy (non-hydrogen) atoms. The van der Waals surface area contributed by atoms with Crippen LogP contribution in [0.3, 0.4) is 0 Å². The summed E-state index contributed by atoms with van der Waals surface area (Å²) in [4.78, 5) is 2.15. The van der Waals surface area contributed by atoms with Crippen LogP contribution in [0.25, 0.3) is 0 Å². The van der Waals surface area contributed by atoms with Gasteiger partial charge in [0.2, 0.25) is 0 Å². The van der Waals surface area contributed by atoms with Gasteiger partial charge in [-0.15, -0.1) is 0 Å². The van der Waals surface area contributed by atoms with Gasteiger partial charge in [0.25, 0.3) is 0 Å². The average molecular weight is 297 g/mol. The quantitative estimate of drug-likeness (QED) is 0.757. The molecule has 0 aromatic heterocycles. The summed E-state index contributed by atoms with van der Waals surface area (Å²) in [5, 5.41) is 9.95. The maximum atomic E-state index is 9.19. The number of anilines is 1. The van der Waals surface area contributed by atoms with Crippen molar-refractivity contribution >= 4 is 21.6 Å². The van der Waals surface area contributed by atoms with Gasteiger partial charge in [-0.25, -0.2) is 0 Å². The zero-order valence-corrected chi connectivity index (χ0v) is 11.8. The Bertz CT molecular complexity index is 401. The van der Waals surface area contributed by atoms with Crippen LogP contribution in [0.2, 0.25) is 0 Å². The zero-order valence-electron chi connectivity index (χ0n) is 10.2. The molecule has 1 aromatic rings. The molecule has 0 aliphatic heterocycles. The van der Waals surface area contributed by atoms with Gasteiger partial charge in [0.15, 0.2) is 0 Å². The highest BCUT2D eigenvalue weighted by molar-refractivity contribution is 9.08. The van der Waals surface area contributed by atoms with Gasteiger partial charge in [-0.1, -0.05) is 22.0 Å². The first-order chi connectivity index (χ1) is 8.26. The summed E-state index contributed by atoms with van der Waals surface area (Å²) in [6, 6.07) is 8.24. The molecule has 0 fully saturated rings. The third-order valence-corrected chi connectivity index (χ3v) is 3.27. The van der Waals surface area contributed by atoms with Gasteiger partial charge < -0.3 is 9.64 Å². The van der Waals surface area contributed by atoms with Gasteiger partial charge in [-0.2, -0.15) is 5.26 Å². The second-order valence-electron chi connectivity index (χ2n) is 3.67. The molecule has 0 aliphatic carbocycles. The Morgan fingerprint density at radius 2 is 2.24 bits per heavy atom. The van der Waals surface area contributed by atoms with Crippen molar-refractivity contribution in [3.63, 3.8) is 0 Å². The van der Waals surface area contributed by atoms with Crippen LogP contribution >= 0.6 is 15.9 Å². The SMILES string of the molecule is CCN(CCOC)c1ccc(CBr)cc1C#N. The van der Waals surface area contributed by atoms with E-state index in [4.69, 9.17) is 4.74 Å². The number of ether oxygens (including phenoxy) is 1. The number of rotatable bonds is 6. The molecule has 4 heteroatoms. The fourth-order valence-corrected chi connectivity index (χ4v) is 2.03. The molecule has 0 saturated heterocycles. The van der Waals surface area contributed by atoms with Crippen LogP contribution in [-0.4, -0.2) is 26.8 Å². The van der Waals surface area contributed by atoms with E-state index in [2.05, 4.69) is 33.8 Å². The van der Waals surface area contributed by atoms with Crippen LogP contribution < -0.4 is 4.90 Å². The van der Waals surface area contributed by atoms with Gasteiger partial charge in [0.05, 0.1) is 17.9 Å². The van der Waals surface area contributed by atoms with E-state index in [0.717, 1.165) is 35.2 Å². The third kappa shape index (κ3) is 3.72. The molecule has 0 aliphatic rings. The van der Waals surface area contributed by atoms with Crippen LogP contribution in [0, 0.1) is 11.3 Å². The number of hydrogen-bond donors (Lipinski definition) is 0. The Morgan fingerprint density at radius 1 is 1.47 bits per heavy atom. The van der Waals surface area contributed by atoms with E-state index in [1.807, 2.05) is 18.2 Å². The normalized spacial score (nSPS) is 10.0. The van der Waals surface area contributed by atoms with Crippen molar-refractivity contribution in [3.8, 4) is 6.07 Å². The van der Waals surface area contributed by atoms with Crippen molar-refractivity contribution in [2.75, 3.05) is 31.7 Å². The summed E-state index contributed by atoms with van der Waals surface area (Å²) in [6.07, 6.45) is 0. The number of likely N-dealkylation sites (N-methyl/N-ethyl adjacent to an activating group) is 1. The molecule has 0 unspecified atom stereocenters. The minimum absolute atomic E-state index is 0.666. The first kappa shape index (κ1) is 14.0. The highest BCUT2D eigenvalue weighted by atomic mass is 79.9. The number of hydrogen-bond acceptors (Lipinski definition) is 3. The Hall–Kier alpha value is -1.05. The molecule has 1 rings (SSSR count). The second kappa shape index (κ2) is 7.31. The second-order valence-corrected chi connectivity index (χ2v) is 4.23. The predicted molar refractivity (Wildman–Crippen MR) is 73.6 cm³/mol. The van der Waals surface area contributed by atoms with Crippen LogP contribution in [0.4, 0.5) is 5.69 Å². The first-order valence-corrected chi connectivity index (χ1v) is 6.71. The molecule has 0 heterocycles. The zero-order chi connectivity index (χ0) is 12.7. The number of benzene rings is 1. The Kier molecular flexibility index (Phi) is 6.03. The van der Waals surface area contributed by atoms with E-state index in [0.29, 0.717) is 6.61 Å². The monoisotopic (exact) mass is 296 g/mol. The molecule has 92 valence electrons. The fourth-order valence-electron chi connectivity index (χ4n) is 1.68. The molecule has 0 radical (unpaired) electrons. The molecule has 0 N–H and O–H groups in total. The molecule has 0 amide bonds. The average Bonchev–Trinajstić information content (AvgIpc) is 2.39. The standard InChI is InChI=1S/C13H17BrN2O/c1-3-16(6-7-17-2)13-5-4-11(9-14)8-12(13)10-15/h4-5,8H,3,6-7,9H2,1-2H3. The van der Waals surface area contributed by atoms with Crippen molar-refractivity contribution < 1.29 is 4.74 Å². The summed E-state index contributed by atoms with van der Waals surface area (Å²) >= 11 is 3.40. The number of methoxy groups -OCH3 is 1. The smallest absolute Gasteiger partial charge is 0.101 e. The van der Waals surface area contributed by atoms with E-state index in [-0.39, 0.29) is 0 Å². The lowest BCUT2D eigenvalue weighted by Gasteiger charge is -2.24. The summed E-state index contributed by atoms with van der Waals surface area (Å²) in [6.45, 7) is 4.41. The van der Waals surface area contributed by atoms with E-state index in [1.54, 1.807) is 7.11 Å². The van der Waals surface area contributed by atoms with Crippen molar-refractivity contribution in [2.24, 2.45) is 0 Å². The number of halogens is 1. The van der Waals surface area contributed by atoms with Gasteiger partial charge in [0, 0.05) is 25.5 Å². The summed E-state index contributed by atoms with van der Waals surface area (Å²) in [5.41, 5.74) is 2.82. The summed E-state index contributed by atoms with van der Waals surface area (Å²) in [7, 11) is 1.69. The van der Waals surface area contributed by atoms with Gasteiger partial charge >= 0.3 is 0 Å². The van der Waals surface area contributed by atoms with Crippen LogP contribution in [0.1, 0.15) is 18.1 Å². The minimum Gasteiger partial charge on any atom is -0.383 e. The van der Waals surface area contributed by atoms with Crippen molar-refractivity contribution in [1.29, 1.82) is 5.26 Å². The highest BCUT2D eigenvalue weighted by Crippen LogP contribution is 2.22. The number of nitrogens with zero attached hydrogens (tertiary/aromatic N) is 2. The highest BCUT2D eigenvalue weighted by Gasteiger charge is 2.10. The fraction of sp³-hybridized carbons (Fsp3) is 0.462. The van der Waals surface area contributed by atoms with E-state index >= 15 is 0 Å². The minimum atomic E-state index is 0.666. The van der Waals surface area contributed by atoms with Gasteiger partial charge in [0.1, 0.15) is 6.07 Å². The van der Waals surface area contributed by atoms with E-state index in [1.165, 1.54) is 0 Å². The van der Waals surface area contributed by atoms with E-state index in [9.17, 15) is 5.26 Å². The molecular weight excluding hydrogens is 280 g/mol. The van der Waals surface area contributed by atoms with Crippen LogP contribution in [0.5, 0.6) is 0 Å². The maximum Gasteiger partial charge on any atom is 0.101 e. The topological polar surface area (TPSA) is 36.3 Å². The third-order valence-electron chi connectivity index (χ3n) is 2.62. The lowest BCUT2D eigenvalue weighted by atomic mass is 10.1. The van der Waals surface area contributed by atoms with Crippen molar-refractivity contribution in [2.45, 2.75) is 12.3 Å². The molecule has 1 aromatic carbocycles. The molecule has 0 bridgehead atoms. The van der Waals surface area contributed by atoms with Crippen molar-refractivity contribution in [3.05, 3.63) is 29.3 Å². The maximum absolute atomic E-state index is 9.19. The summed E-state index contributed by atoms with van der Waals surface area (Å²) < 4.78 is 5.08. The molecule has 0 saturated carbocycles. The largest absolute Gasteiger partial charge is 0.383 e. The Labute approximate surface area is 111 Å². The Morgan fingerprint density at radius 3 is 2.76 bits per heavy atom. The van der Waals surface area contributed by atoms with Gasteiger partial charge in [-0.05, 0) is 24.6 Å². The molecule has 0 spiro atoms. The molecule has 0 atom stereocenters. The summed E-state index contributed by atoms with van der Waals surface area (Å²) in [5.74, 6) is 0. The van der Waals surface area contributed by atoms with Crippen LogP contribution in [-0.2, 0) is 10.1 Å². The first-order valence-electron chi connectivity index (χ1n) is 5.59. The number of alkyl halides is 1. The van der Waals surface area contributed by atoms with Gasteiger partial charge in [-0.3, -0.25) is 0 Å². The van der Waals surface area contributed by atoms with Crippen LogP contribution in [0.15, 0.2) is 18.2 Å². The molecular formula is C13H17BrN2O. The van der Waals surface area contributed by atoms with E-state index < -0.39 is 0 Å².